The van der Waals surface area contributed by atoms with Crippen LogP contribution in [0, 0.1) is 27.8 Å². The van der Waals surface area contributed by atoms with Crippen molar-refractivity contribution in [3.63, 3.8) is 0 Å². The van der Waals surface area contributed by atoms with E-state index in [4.69, 9.17) is 24.3 Å². The van der Waals surface area contributed by atoms with E-state index in [2.05, 4.69) is 0 Å². The minimum atomic E-state index is -2.51. The fraction of sp³-hybridized carbons (Fsp3) is 0.500. The number of carboxylic acid groups (broad SMARTS) is 2. The Kier molecular flexibility index (Phi) is 43.0. The SMILES string of the molecule is CC(=O)O.CC(=O)O.[O]=[U]=[O].[PbH2]. The molecule has 0 amide bonds. The van der Waals surface area contributed by atoms with Crippen molar-refractivity contribution in [2.75, 3.05) is 0 Å². The van der Waals surface area contributed by atoms with Gasteiger partial charge in [-0.15, -0.1) is 0 Å². The molecule has 0 aliphatic rings. The molecule has 8 heteroatoms. The Morgan fingerprint density at radius 3 is 1.00 bits per heavy atom. The summed E-state index contributed by atoms with van der Waals surface area (Å²) >= 11 is -2.51. The molecule has 0 heterocycles. The molecule has 0 atom stereocenters. The van der Waals surface area contributed by atoms with Crippen LogP contribution in [-0.4, -0.2) is 49.5 Å². The molecule has 0 unspecified atom stereocenters. The van der Waals surface area contributed by atoms with Crippen LogP contribution in [-0.2, 0) is 14.1 Å². The number of carboxylic acids is 2. The first-order valence-corrected chi connectivity index (χ1v) is 5.66. The summed E-state index contributed by atoms with van der Waals surface area (Å²) in [6.07, 6.45) is 0. The Balaban J connectivity index is -0.0000000389. The number of carbonyl (C=O) groups is 2. The van der Waals surface area contributed by atoms with Crippen LogP contribution in [0.15, 0.2) is 0 Å². The molecule has 0 aromatic heterocycles. The monoisotopic (exact) mass is 600 g/mol. The summed E-state index contributed by atoms with van der Waals surface area (Å²) < 4.78 is 17.2. The second kappa shape index (κ2) is 22.5. The van der Waals surface area contributed by atoms with Gasteiger partial charge in [-0.2, -0.15) is 0 Å². The molecule has 0 aliphatic heterocycles. The molecule has 6 nitrogen and oxygen atoms in total. The molecule has 0 aromatic rings. The van der Waals surface area contributed by atoms with Crippen LogP contribution in [0.4, 0.5) is 0 Å². The number of hydrogen-bond acceptors (Lipinski definition) is 4. The van der Waals surface area contributed by atoms with Crippen LogP contribution in [0.25, 0.3) is 0 Å². The van der Waals surface area contributed by atoms with Gasteiger partial charge in [0.05, 0.1) is 0 Å². The van der Waals surface area contributed by atoms with Crippen molar-refractivity contribution in [2.45, 2.75) is 13.8 Å². The Bertz CT molecular complexity index is 132. The van der Waals surface area contributed by atoms with Crippen LogP contribution in [0.5, 0.6) is 0 Å². The van der Waals surface area contributed by atoms with E-state index in [0.29, 0.717) is 0 Å². The van der Waals surface area contributed by atoms with E-state index in [0.717, 1.165) is 13.8 Å². The molecule has 0 rings (SSSR count). The number of hydrogen-bond donors (Lipinski definition) is 2. The summed E-state index contributed by atoms with van der Waals surface area (Å²) in [7, 11) is 0. The van der Waals surface area contributed by atoms with Crippen LogP contribution in [0.1, 0.15) is 13.8 Å². The topological polar surface area (TPSA) is 109 Å². The second-order valence-corrected chi connectivity index (χ2v) is 1.82. The fourth-order valence-electron chi connectivity index (χ4n) is 0. The van der Waals surface area contributed by atoms with E-state index in [9.17, 15) is 0 Å². The van der Waals surface area contributed by atoms with Gasteiger partial charge < -0.3 is 10.2 Å². The fourth-order valence-corrected chi connectivity index (χ4v) is 0. The van der Waals surface area contributed by atoms with Crippen molar-refractivity contribution in [2.24, 2.45) is 0 Å². The van der Waals surface area contributed by atoms with Gasteiger partial charge in [0.15, 0.2) is 0 Å². The van der Waals surface area contributed by atoms with Crippen molar-refractivity contribution in [1.29, 1.82) is 0 Å². The zero-order chi connectivity index (χ0) is 9.86. The van der Waals surface area contributed by atoms with Crippen LogP contribution in [0.3, 0.4) is 0 Å². The summed E-state index contributed by atoms with van der Waals surface area (Å²) in [5.41, 5.74) is 0. The van der Waals surface area contributed by atoms with E-state index in [-0.39, 0.29) is 27.3 Å². The molecule has 0 aromatic carbocycles. The average molecular weight is 599 g/mol. The summed E-state index contributed by atoms with van der Waals surface area (Å²) in [4.78, 5) is 18.0. The molecular formula is C4H10O6PbU. The molecule has 70 valence electrons. The van der Waals surface area contributed by atoms with Crippen molar-refractivity contribution >= 4 is 39.2 Å². The molecule has 0 saturated carbocycles. The number of rotatable bonds is 0. The van der Waals surface area contributed by atoms with E-state index in [1.54, 1.807) is 0 Å². The first kappa shape index (κ1) is 22.9. The molecular weight excluding hydrogens is 589 g/mol. The Labute approximate surface area is 104 Å². The van der Waals surface area contributed by atoms with Gasteiger partial charge >= 0.3 is 59.6 Å². The van der Waals surface area contributed by atoms with Crippen LogP contribution >= 0.6 is 0 Å². The Hall–Kier alpha value is 0.514. The van der Waals surface area contributed by atoms with E-state index in [1.807, 2.05) is 0 Å². The van der Waals surface area contributed by atoms with Gasteiger partial charge in [0.2, 0.25) is 0 Å². The van der Waals surface area contributed by atoms with Crippen LogP contribution in [0.2, 0.25) is 0 Å². The Morgan fingerprint density at radius 1 is 1.00 bits per heavy atom. The van der Waals surface area contributed by atoms with Gasteiger partial charge in [0.25, 0.3) is 11.9 Å². The second-order valence-electron chi connectivity index (χ2n) is 1.12. The number of aliphatic carboxylic acids is 2. The third kappa shape index (κ3) is 3600. The zero-order valence-electron chi connectivity index (χ0n) is 6.73. The van der Waals surface area contributed by atoms with Gasteiger partial charge in [-0.3, -0.25) is 9.59 Å². The van der Waals surface area contributed by atoms with Crippen molar-refractivity contribution in [3.8, 4) is 0 Å². The maximum atomic E-state index is 9.00. The summed E-state index contributed by atoms with van der Waals surface area (Å²) in [5, 5.41) is 14.8. The first-order chi connectivity index (χ1) is 4.88. The summed E-state index contributed by atoms with van der Waals surface area (Å²) in [5.74, 6) is -1.67. The van der Waals surface area contributed by atoms with Gasteiger partial charge in [-0.25, -0.2) is 0 Å². The summed E-state index contributed by atoms with van der Waals surface area (Å²) in [6.45, 7) is 2.17. The summed E-state index contributed by atoms with van der Waals surface area (Å²) in [6, 6.07) is 0. The molecule has 0 saturated heterocycles. The molecule has 0 bridgehead atoms. The molecule has 12 heavy (non-hydrogen) atoms. The molecule has 0 fully saturated rings. The zero-order valence-corrected chi connectivity index (χ0v) is 16.4. The van der Waals surface area contributed by atoms with Crippen molar-refractivity contribution in [3.05, 3.63) is 0 Å². The van der Waals surface area contributed by atoms with Crippen molar-refractivity contribution < 1.29 is 52.1 Å². The van der Waals surface area contributed by atoms with Gasteiger partial charge in [-0.05, 0) is 0 Å². The molecule has 2 N–H and O–H groups in total. The van der Waals surface area contributed by atoms with Crippen LogP contribution < -0.4 is 0 Å². The van der Waals surface area contributed by atoms with Gasteiger partial charge in [0.1, 0.15) is 0 Å². The standard InChI is InChI=1S/2C2H4O2.2O.Pb.U.2H/c2*1-2(3)4;;;;;;/h2*1H3,(H,3,4);;;;;;. The normalized spacial score (nSPS) is 4.83. The van der Waals surface area contributed by atoms with Crippen molar-refractivity contribution in [1.82, 2.24) is 0 Å². The average Bonchev–Trinajstić information content (AvgIpc) is 1.60. The van der Waals surface area contributed by atoms with E-state index < -0.39 is 39.8 Å². The predicted molar refractivity (Wildman–Crippen MR) is 36.5 cm³/mol. The third-order valence-electron chi connectivity index (χ3n) is 0. The molecule has 0 spiro atoms. The first-order valence-electron chi connectivity index (χ1n) is 2.26. The maximum absolute atomic E-state index is 9.00. The predicted octanol–water partition coefficient (Wildman–Crippen LogP) is -0.972. The molecule has 0 aliphatic carbocycles. The van der Waals surface area contributed by atoms with E-state index >= 15 is 0 Å². The molecule has 2 radical (unpaired) electrons. The van der Waals surface area contributed by atoms with E-state index in [1.165, 1.54) is 0 Å². The van der Waals surface area contributed by atoms with Gasteiger partial charge in [-0.1, -0.05) is 0 Å². The quantitative estimate of drug-likeness (QED) is 0.347. The third-order valence-corrected chi connectivity index (χ3v) is 0. The van der Waals surface area contributed by atoms with Gasteiger partial charge in [0, 0.05) is 13.8 Å². The Morgan fingerprint density at radius 2 is 1.00 bits per heavy atom. The minimum absolute atomic E-state index is 0.